The summed E-state index contributed by atoms with van der Waals surface area (Å²) in [7, 11) is 3.15. The van der Waals surface area contributed by atoms with Gasteiger partial charge in [0.25, 0.3) is 5.91 Å². The maximum absolute atomic E-state index is 14.0. The molecule has 1 amide bonds. The topological polar surface area (TPSA) is 173 Å². The Morgan fingerprint density at radius 3 is 2.34 bits per heavy atom. The summed E-state index contributed by atoms with van der Waals surface area (Å²) in [4.78, 5) is 40.8. The Labute approximate surface area is 237 Å². The molecule has 216 valence electrons. The van der Waals surface area contributed by atoms with Gasteiger partial charge in [0.05, 0.1) is 11.6 Å². The van der Waals surface area contributed by atoms with Crippen LogP contribution in [0.3, 0.4) is 0 Å². The van der Waals surface area contributed by atoms with Gasteiger partial charge in [-0.3, -0.25) is 19.3 Å². The lowest BCUT2D eigenvalue weighted by Gasteiger charge is -2.50. The zero-order chi connectivity index (χ0) is 30.0. The Morgan fingerprint density at radius 2 is 1.76 bits per heavy atom. The number of fused-ring (bicyclic) bond motifs is 3. The van der Waals surface area contributed by atoms with E-state index >= 15 is 0 Å². The molecule has 1 unspecified atom stereocenters. The van der Waals surface area contributed by atoms with Gasteiger partial charge in [-0.15, -0.1) is 0 Å². The van der Waals surface area contributed by atoms with Crippen molar-refractivity contribution < 1.29 is 34.8 Å². The molecule has 5 rings (SSSR count). The lowest BCUT2D eigenvalue weighted by atomic mass is 9.57. The van der Waals surface area contributed by atoms with Crippen LogP contribution in [0.4, 0.5) is 0 Å². The predicted molar refractivity (Wildman–Crippen MR) is 152 cm³/mol. The van der Waals surface area contributed by atoms with Crippen molar-refractivity contribution >= 4 is 23.2 Å². The van der Waals surface area contributed by atoms with Crippen LogP contribution in [0, 0.1) is 11.8 Å². The largest absolute Gasteiger partial charge is 0.508 e. The van der Waals surface area contributed by atoms with Crippen LogP contribution in [0.25, 0.3) is 16.9 Å². The van der Waals surface area contributed by atoms with Crippen molar-refractivity contribution in [2.24, 2.45) is 17.6 Å². The lowest BCUT2D eigenvalue weighted by molar-refractivity contribution is -0.153. The zero-order valence-corrected chi connectivity index (χ0v) is 23.4. The van der Waals surface area contributed by atoms with Crippen LogP contribution in [0.15, 0.2) is 53.3 Å². The molecule has 4 atom stereocenters. The van der Waals surface area contributed by atoms with E-state index in [2.05, 4.69) is 19.2 Å². The molecule has 10 heteroatoms. The van der Waals surface area contributed by atoms with E-state index in [-0.39, 0.29) is 29.7 Å². The fourth-order valence-corrected chi connectivity index (χ4v) is 6.64. The molecule has 0 saturated heterocycles. The smallest absolute Gasteiger partial charge is 0.255 e. The molecule has 0 aliphatic heterocycles. The third kappa shape index (κ3) is 4.34. The van der Waals surface area contributed by atoms with Crippen molar-refractivity contribution in [3.8, 4) is 16.9 Å². The number of likely N-dealkylation sites (N-methyl/N-ethyl adjacent to an activating group) is 1. The van der Waals surface area contributed by atoms with Crippen molar-refractivity contribution in [2.45, 2.75) is 50.9 Å². The number of ketones is 2. The number of hydrogen-bond donors (Lipinski definition) is 6. The minimum absolute atomic E-state index is 0.0423. The van der Waals surface area contributed by atoms with Crippen molar-refractivity contribution in [1.29, 1.82) is 0 Å². The minimum Gasteiger partial charge on any atom is -0.508 e. The highest BCUT2D eigenvalue weighted by Crippen LogP contribution is 2.53. The average Bonchev–Trinajstić information content (AvgIpc) is 2.89. The van der Waals surface area contributed by atoms with E-state index < -0.39 is 58.0 Å². The molecule has 3 aliphatic carbocycles. The maximum Gasteiger partial charge on any atom is 0.255 e. The van der Waals surface area contributed by atoms with E-state index in [1.165, 1.54) is 11.0 Å². The molecule has 0 spiro atoms. The second-order valence-corrected chi connectivity index (χ2v) is 11.7. The first kappa shape index (κ1) is 28.5. The number of carbonyl (C=O) groups is 3. The highest BCUT2D eigenvalue weighted by Gasteiger charge is 2.64. The molecule has 0 aromatic heterocycles. The van der Waals surface area contributed by atoms with Crippen LogP contribution in [-0.4, -0.2) is 74.6 Å². The highest BCUT2D eigenvalue weighted by molar-refractivity contribution is 6.24. The van der Waals surface area contributed by atoms with Crippen molar-refractivity contribution in [1.82, 2.24) is 10.2 Å². The predicted octanol–water partition coefficient (Wildman–Crippen LogP) is 2.13. The summed E-state index contributed by atoms with van der Waals surface area (Å²) >= 11 is 0. The van der Waals surface area contributed by atoms with Crippen molar-refractivity contribution in [3.63, 3.8) is 0 Å². The van der Waals surface area contributed by atoms with Crippen LogP contribution in [0.2, 0.25) is 0 Å². The molecular weight excluding hydrogens is 526 g/mol. The number of hydrogen-bond acceptors (Lipinski definition) is 9. The van der Waals surface area contributed by atoms with Gasteiger partial charge < -0.3 is 31.5 Å². The number of nitrogens with zero attached hydrogens (tertiary/aromatic N) is 1. The summed E-state index contributed by atoms with van der Waals surface area (Å²) in [6.45, 7) is 4.85. The van der Waals surface area contributed by atoms with Gasteiger partial charge in [0, 0.05) is 24.1 Å². The third-order valence-electron chi connectivity index (χ3n) is 8.58. The molecule has 10 nitrogen and oxygen atoms in total. The molecule has 41 heavy (non-hydrogen) atoms. The summed E-state index contributed by atoms with van der Waals surface area (Å²) < 4.78 is 0. The van der Waals surface area contributed by atoms with Gasteiger partial charge in [0.15, 0.2) is 11.4 Å². The van der Waals surface area contributed by atoms with E-state index in [0.29, 0.717) is 18.2 Å². The average molecular weight is 562 g/mol. The maximum atomic E-state index is 14.0. The Morgan fingerprint density at radius 1 is 1.10 bits per heavy atom. The molecule has 1 saturated carbocycles. The monoisotopic (exact) mass is 561 g/mol. The van der Waals surface area contributed by atoms with Crippen LogP contribution in [-0.2, 0) is 27.3 Å². The number of Topliss-reactive ketones (excluding diaryl/α,β-unsaturated/α-hetero) is 2. The molecule has 0 heterocycles. The first-order valence-corrected chi connectivity index (χ1v) is 13.6. The second-order valence-electron chi connectivity index (χ2n) is 11.7. The molecular formula is C31H35N3O7. The Hall–Kier alpha value is -3.99. The fraction of sp³-hybridized carbons (Fsp3) is 0.387. The number of aromatic hydroxyl groups is 1. The van der Waals surface area contributed by atoms with Crippen LogP contribution in [0.5, 0.6) is 5.75 Å². The minimum atomic E-state index is -2.66. The zero-order valence-electron chi connectivity index (χ0n) is 23.4. The van der Waals surface area contributed by atoms with Gasteiger partial charge in [-0.05, 0) is 61.2 Å². The summed E-state index contributed by atoms with van der Waals surface area (Å²) in [6.07, 6.45) is 0.273. The molecule has 2 aromatic rings. The van der Waals surface area contributed by atoms with Crippen LogP contribution in [0.1, 0.15) is 37.0 Å². The fourth-order valence-electron chi connectivity index (χ4n) is 6.64. The highest BCUT2D eigenvalue weighted by atomic mass is 16.3. The quantitative estimate of drug-likeness (QED) is 0.289. The number of phenols is 1. The molecule has 7 N–H and O–H groups in total. The van der Waals surface area contributed by atoms with Crippen molar-refractivity contribution in [2.75, 3.05) is 14.1 Å². The van der Waals surface area contributed by atoms with Gasteiger partial charge in [0.1, 0.15) is 22.8 Å². The van der Waals surface area contributed by atoms with Gasteiger partial charge in [-0.1, -0.05) is 44.2 Å². The first-order valence-electron chi connectivity index (χ1n) is 13.6. The Balaban J connectivity index is 1.64. The number of nitrogens with two attached hydrogens (primary N) is 1. The van der Waals surface area contributed by atoms with E-state index in [1.807, 2.05) is 24.3 Å². The van der Waals surface area contributed by atoms with Crippen LogP contribution < -0.4 is 11.1 Å². The van der Waals surface area contributed by atoms with E-state index in [0.717, 1.165) is 16.7 Å². The number of amides is 1. The van der Waals surface area contributed by atoms with Crippen LogP contribution >= 0.6 is 0 Å². The van der Waals surface area contributed by atoms with E-state index in [9.17, 15) is 34.8 Å². The standard InChI is InChI=1S/C31H35N3O7/c1-14(2)33-13-15-5-7-16(8-6-15)18-9-10-21(35)23-19(18)11-17-12-20-25(34(3)4)27(37)24(30(32)40)29(39)31(20,41)28(38)22(17)26(23)36/h5-10,14,17,20,25,33,35-36,39,41H,11-13H2,1-4H3,(H2,32,40)/t17-,20-,25?,31-/m0/s1. The number of primary amides is 1. The van der Waals surface area contributed by atoms with Gasteiger partial charge in [0.2, 0.25) is 5.78 Å². The van der Waals surface area contributed by atoms with Crippen molar-refractivity contribution in [3.05, 3.63) is 70.0 Å². The number of phenolic OH excluding ortho intramolecular Hbond substituents is 1. The van der Waals surface area contributed by atoms with Gasteiger partial charge in [-0.25, -0.2) is 0 Å². The first-order chi connectivity index (χ1) is 19.3. The van der Waals surface area contributed by atoms with E-state index in [1.54, 1.807) is 20.2 Å². The number of carbonyl (C=O) groups excluding carboxylic acids is 3. The summed E-state index contributed by atoms with van der Waals surface area (Å²) in [5.74, 6) is -6.65. The number of benzene rings is 2. The van der Waals surface area contributed by atoms with Gasteiger partial charge in [-0.2, -0.15) is 0 Å². The molecule has 0 bridgehead atoms. The molecule has 0 radical (unpaired) electrons. The van der Waals surface area contributed by atoms with Gasteiger partial charge >= 0.3 is 0 Å². The molecule has 3 aliphatic rings. The second kappa shape index (κ2) is 10.1. The summed E-state index contributed by atoms with van der Waals surface area (Å²) in [5.41, 5.74) is 5.14. The summed E-state index contributed by atoms with van der Waals surface area (Å²) in [6, 6.07) is 10.3. The SMILES string of the molecule is CC(C)NCc1ccc(-c2ccc(O)c3c2C[C@H]2C[C@H]4C(N(C)C)C(=O)C(C(N)=O)=C(O)[C@@]4(O)C(=O)C2=C3O)cc1. The molecule has 1 fully saturated rings. The number of aliphatic hydroxyl groups is 3. The Bertz CT molecular complexity index is 1520. The third-order valence-corrected chi connectivity index (χ3v) is 8.58. The van der Waals surface area contributed by atoms with E-state index in [4.69, 9.17) is 5.73 Å². The number of nitrogens with one attached hydrogen (secondary N) is 1. The number of rotatable bonds is 6. The summed E-state index contributed by atoms with van der Waals surface area (Å²) in [5, 5.41) is 48.3. The number of aliphatic hydroxyl groups excluding tert-OH is 2. The Kier molecular flexibility index (Phi) is 7.05. The lowest BCUT2D eigenvalue weighted by Crippen LogP contribution is -2.65. The normalized spacial score (nSPS) is 25.9. The molecule has 2 aromatic carbocycles.